The zero-order chi connectivity index (χ0) is 27.1. The molecule has 4 rings (SSSR count). The Morgan fingerprint density at radius 2 is 1.71 bits per heavy atom. The summed E-state index contributed by atoms with van der Waals surface area (Å²) in [6.07, 6.45) is 4.89. The second kappa shape index (κ2) is 12.4. The third-order valence-corrected chi connectivity index (χ3v) is 6.56. The molecule has 0 saturated heterocycles. The van der Waals surface area contributed by atoms with Gasteiger partial charge < -0.3 is 9.84 Å². The van der Waals surface area contributed by atoms with Crippen LogP contribution in [0.5, 0.6) is 5.75 Å². The van der Waals surface area contributed by atoms with Crippen LogP contribution in [0.15, 0.2) is 90.1 Å². The van der Waals surface area contributed by atoms with Crippen LogP contribution in [0.1, 0.15) is 27.5 Å². The Morgan fingerprint density at radius 1 is 1.00 bits per heavy atom. The van der Waals surface area contributed by atoms with Crippen molar-refractivity contribution >= 4 is 23.5 Å². The number of nitrogens with one attached hydrogen (secondary N) is 1. The lowest BCUT2D eigenvalue weighted by atomic mass is 9.97. The van der Waals surface area contributed by atoms with Crippen LogP contribution in [0.4, 0.5) is 8.78 Å². The minimum absolute atomic E-state index is 0.185. The molecule has 0 aliphatic carbocycles. The number of aromatic nitrogens is 1. The van der Waals surface area contributed by atoms with Gasteiger partial charge >= 0.3 is 5.97 Å². The number of aliphatic carboxylic acids is 1. The highest BCUT2D eigenvalue weighted by atomic mass is 32.2. The predicted molar refractivity (Wildman–Crippen MR) is 141 cm³/mol. The molecule has 4 aromatic rings. The molecule has 9 heteroatoms. The minimum Gasteiger partial charge on any atom is -0.489 e. The molecule has 0 spiro atoms. The quantitative estimate of drug-likeness (QED) is 0.182. The molecule has 0 amide bonds. The van der Waals surface area contributed by atoms with E-state index in [2.05, 4.69) is 10.3 Å². The maximum atomic E-state index is 13.8. The fourth-order valence-corrected chi connectivity index (χ4v) is 4.53. The van der Waals surface area contributed by atoms with Crippen LogP contribution in [0.3, 0.4) is 0 Å². The van der Waals surface area contributed by atoms with Crippen molar-refractivity contribution in [2.75, 3.05) is 12.8 Å². The number of hydrogen-bond donors (Lipinski definition) is 2. The van der Waals surface area contributed by atoms with Gasteiger partial charge in [-0.3, -0.25) is 19.9 Å². The molecule has 0 aliphatic rings. The van der Waals surface area contributed by atoms with E-state index in [1.165, 1.54) is 23.9 Å². The van der Waals surface area contributed by atoms with Crippen molar-refractivity contribution in [3.05, 3.63) is 114 Å². The fourth-order valence-electron chi connectivity index (χ4n) is 3.91. The summed E-state index contributed by atoms with van der Waals surface area (Å²) in [4.78, 5) is 29.0. The van der Waals surface area contributed by atoms with Gasteiger partial charge in [0, 0.05) is 22.9 Å². The summed E-state index contributed by atoms with van der Waals surface area (Å²) in [5.74, 6) is -2.57. The average Bonchev–Trinajstić information content (AvgIpc) is 2.94. The molecule has 0 aliphatic heterocycles. The van der Waals surface area contributed by atoms with Crippen LogP contribution in [0.25, 0.3) is 11.1 Å². The summed E-state index contributed by atoms with van der Waals surface area (Å²) in [6.45, 7) is -0.190. The number of pyridine rings is 1. The number of benzene rings is 3. The highest BCUT2D eigenvalue weighted by Crippen LogP contribution is 2.33. The monoisotopic (exact) mass is 534 g/mol. The molecular weight excluding hydrogens is 510 g/mol. The van der Waals surface area contributed by atoms with Crippen LogP contribution in [0.2, 0.25) is 0 Å². The lowest BCUT2D eigenvalue weighted by Gasteiger charge is -2.17. The summed E-state index contributed by atoms with van der Waals surface area (Å²) in [6, 6.07) is 18.8. The van der Waals surface area contributed by atoms with E-state index in [9.17, 15) is 18.4 Å². The summed E-state index contributed by atoms with van der Waals surface area (Å²) in [5.41, 5.74) is 3.08. The van der Waals surface area contributed by atoms with Gasteiger partial charge in [-0.15, -0.1) is 11.8 Å². The Kier molecular flexibility index (Phi) is 8.83. The number of carbonyl (C=O) groups excluding carboxylic acids is 1. The number of carbonyl (C=O) groups is 2. The zero-order valence-electron chi connectivity index (χ0n) is 20.4. The lowest BCUT2D eigenvalue weighted by molar-refractivity contribution is -0.136. The fraction of sp³-hybridized carbons (Fsp3) is 0.138. The number of thioether (sulfide) groups is 1. The van der Waals surface area contributed by atoms with Crippen LogP contribution in [0, 0.1) is 11.6 Å². The van der Waals surface area contributed by atoms with Gasteiger partial charge in [-0.2, -0.15) is 0 Å². The Morgan fingerprint density at radius 3 is 2.39 bits per heavy atom. The third-order valence-electron chi connectivity index (χ3n) is 5.78. The number of ether oxygens (including phenoxy) is 1. The first kappa shape index (κ1) is 27.0. The Labute approximate surface area is 222 Å². The van der Waals surface area contributed by atoms with Gasteiger partial charge in [0.1, 0.15) is 12.4 Å². The predicted octanol–water partition coefficient (Wildman–Crippen LogP) is 5.93. The van der Waals surface area contributed by atoms with Crippen LogP contribution in [-0.4, -0.2) is 34.6 Å². The van der Waals surface area contributed by atoms with E-state index in [1.807, 2.05) is 6.07 Å². The third kappa shape index (κ3) is 6.62. The SMILES string of the molecule is CSc1cc(F)c(F)cc1-c1ccc(OCc2cccc(C(=O)C(NCC(=O)O)c3ccncc3)c2)cc1. The van der Waals surface area contributed by atoms with Crippen LogP contribution >= 0.6 is 11.8 Å². The molecule has 38 heavy (non-hydrogen) atoms. The number of Topliss-reactive ketones (excluding diaryl/α,β-unsaturated/α-hetero) is 1. The standard InChI is InChI=1S/C29H24F2N2O4S/c1-38-26-15-25(31)24(30)14-23(26)19-5-7-22(8-6-19)37-17-18-3-2-4-21(13-18)29(36)28(33-16-27(34)35)20-9-11-32-12-10-20/h2-15,28,33H,16-17H2,1H3,(H,34,35). The van der Waals surface area contributed by atoms with Gasteiger partial charge in [-0.1, -0.05) is 30.3 Å². The first-order valence-corrected chi connectivity index (χ1v) is 12.8. The van der Waals surface area contributed by atoms with E-state index in [4.69, 9.17) is 9.84 Å². The first-order valence-electron chi connectivity index (χ1n) is 11.6. The summed E-state index contributed by atoms with van der Waals surface area (Å²) in [5, 5.41) is 11.9. The highest BCUT2D eigenvalue weighted by molar-refractivity contribution is 7.98. The minimum atomic E-state index is -1.07. The number of carboxylic acids is 1. The smallest absolute Gasteiger partial charge is 0.317 e. The average molecular weight is 535 g/mol. The Hall–Kier alpha value is -4.08. The maximum absolute atomic E-state index is 13.8. The first-order chi connectivity index (χ1) is 18.4. The number of nitrogens with zero attached hydrogens (tertiary/aromatic N) is 1. The van der Waals surface area contributed by atoms with Gasteiger partial charge in [0.25, 0.3) is 0 Å². The number of carboxylic acid groups (broad SMARTS) is 1. The topological polar surface area (TPSA) is 88.5 Å². The number of hydrogen-bond acceptors (Lipinski definition) is 6. The van der Waals surface area contributed by atoms with Gasteiger partial charge in [0.15, 0.2) is 17.4 Å². The van der Waals surface area contributed by atoms with Gasteiger partial charge in [-0.05, 0) is 71.0 Å². The molecule has 1 atom stereocenters. The molecule has 1 heterocycles. The van der Waals surface area contributed by atoms with Crippen LogP contribution in [-0.2, 0) is 11.4 Å². The Balaban J connectivity index is 1.47. The second-order valence-corrected chi connectivity index (χ2v) is 9.18. The second-order valence-electron chi connectivity index (χ2n) is 8.33. The van der Waals surface area contributed by atoms with Crippen molar-refractivity contribution in [1.29, 1.82) is 0 Å². The normalized spacial score (nSPS) is 11.7. The van der Waals surface area contributed by atoms with Gasteiger partial charge in [-0.25, -0.2) is 8.78 Å². The van der Waals surface area contributed by atoms with Gasteiger partial charge in [0.2, 0.25) is 0 Å². The number of halogens is 2. The molecule has 0 saturated carbocycles. The molecule has 1 aromatic heterocycles. The van der Waals surface area contributed by atoms with Crippen LogP contribution < -0.4 is 10.1 Å². The molecule has 0 radical (unpaired) electrons. The summed E-state index contributed by atoms with van der Waals surface area (Å²) >= 11 is 1.33. The van der Waals surface area contributed by atoms with E-state index in [-0.39, 0.29) is 18.9 Å². The molecule has 3 aromatic carbocycles. The molecule has 0 bridgehead atoms. The van der Waals surface area contributed by atoms with E-state index < -0.39 is 23.6 Å². The van der Waals surface area contributed by atoms with E-state index in [0.29, 0.717) is 27.3 Å². The molecular formula is C29H24F2N2O4S. The van der Waals surface area contributed by atoms with Crippen molar-refractivity contribution in [3.8, 4) is 16.9 Å². The largest absolute Gasteiger partial charge is 0.489 e. The number of ketones is 1. The van der Waals surface area contributed by atoms with Crippen molar-refractivity contribution in [2.45, 2.75) is 17.5 Å². The van der Waals surface area contributed by atoms with Crippen molar-refractivity contribution < 1.29 is 28.2 Å². The van der Waals surface area contributed by atoms with Gasteiger partial charge in [0.05, 0.1) is 12.6 Å². The lowest BCUT2D eigenvalue weighted by Crippen LogP contribution is -2.33. The van der Waals surface area contributed by atoms with Crippen molar-refractivity contribution in [1.82, 2.24) is 10.3 Å². The van der Waals surface area contributed by atoms with E-state index in [1.54, 1.807) is 73.2 Å². The number of rotatable bonds is 11. The highest BCUT2D eigenvalue weighted by Gasteiger charge is 2.23. The van der Waals surface area contributed by atoms with Crippen molar-refractivity contribution in [2.24, 2.45) is 0 Å². The van der Waals surface area contributed by atoms with Crippen molar-refractivity contribution in [3.63, 3.8) is 0 Å². The van der Waals surface area contributed by atoms with E-state index >= 15 is 0 Å². The summed E-state index contributed by atoms with van der Waals surface area (Å²) in [7, 11) is 0. The molecule has 0 fully saturated rings. The summed E-state index contributed by atoms with van der Waals surface area (Å²) < 4.78 is 33.3. The Bertz CT molecular complexity index is 1430. The van der Waals surface area contributed by atoms with E-state index in [0.717, 1.165) is 11.1 Å². The molecule has 6 nitrogen and oxygen atoms in total. The molecule has 194 valence electrons. The zero-order valence-corrected chi connectivity index (χ0v) is 21.2. The maximum Gasteiger partial charge on any atom is 0.317 e. The molecule has 1 unspecified atom stereocenters. The molecule has 2 N–H and O–H groups in total.